The number of ether oxygens (including phenoxy) is 6. The zero-order chi connectivity index (χ0) is 31.7. The van der Waals surface area contributed by atoms with Gasteiger partial charge in [0.2, 0.25) is 0 Å². The minimum atomic E-state index is -1.54. The van der Waals surface area contributed by atoms with Crippen LogP contribution in [-0.2, 0) is 23.7 Å². The minimum absolute atomic E-state index is 0.234. The highest BCUT2D eigenvalue weighted by molar-refractivity contribution is 6.76. The summed E-state index contributed by atoms with van der Waals surface area (Å²) in [5.41, 5.74) is 0.755. The van der Waals surface area contributed by atoms with E-state index in [1.807, 2.05) is 0 Å². The van der Waals surface area contributed by atoms with E-state index in [0.29, 0.717) is 5.75 Å². The summed E-state index contributed by atoms with van der Waals surface area (Å²) in [4.78, 5) is 39.1. The van der Waals surface area contributed by atoms with E-state index in [0.717, 1.165) is 6.04 Å². The van der Waals surface area contributed by atoms with Crippen molar-refractivity contribution in [3.8, 4) is 5.75 Å². The van der Waals surface area contributed by atoms with Crippen molar-refractivity contribution in [1.29, 1.82) is 0 Å². The lowest BCUT2D eigenvalue weighted by molar-refractivity contribution is -0.298. The molecular formula is C33H38O10Si. The van der Waals surface area contributed by atoms with Crippen LogP contribution in [0.4, 0.5) is 0 Å². The molecule has 10 nitrogen and oxygen atoms in total. The molecule has 1 aliphatic rings. The van der Waals surface area contributed by atoms with E-state index in [1.165, 1.54) is 7.11 Å². The monoisotopic (exact) mass is 622 g/mol. The molecule has 1 heterocycles. The third kappa shape index (κ3) is 8.99. The van der Waals surface area contributed by atoms with Crippen molar-refractivity contribution >= 4 is 26.0 Å². The Morgan fingerprint density at radius 3 is 1.80 bits per heavy atom. The number of methoxy groups -OCH3 is 1. The molecule has 0 spiro atoms. The van der Waals surface area contributed by atoms with Crippen molar-refractivity contribution in [2.45, 2.75) is 56.4 Å². The number of aliphatic hydroxyl groups is 1. The van der Waals surface area contributed by atoms with Crippen LogP contribution in [0.1, 0.15) is 31.1 Å². The van der Waals surface area contributed by atoms with Crippen LogP contribution in [0.25, 0.3) is 0 Å². The van der Waals surface area contributed by atoms with Crippen LogP contribution >= 0.6 is 0 Å². The second-order valence-corrected chi connectivity index (χ2v) is 17.1. The highest BCUT2D eigenvalue weighted by Crippen LogP contribution is 2.30. The highest BCUT2D eigenvalue weighted by Gasteiger charge is 2.51. The van der Waals surface area contributed by atoms with E-state index in [9.17, 15) is 19.5 Å². The molecule has 1 saturated heterocycles. The van der Waals surface area contributed by atoms with Gasteiger partial charge in [-0.3, -0.25) is 0 Å². The van der Waals surface area contributed by atoms with Gasteiger partial charge in [0.1, 0.15) is 24.6 Å². The number of carbonyl (C=O) groups excluding carboxylic acids is 3. The lowest BCUT2D eigenvalue weighted by Crippen LogP contribution is -2.62. The largest absolute Gasteiger partial charge is 0.497 e. The number of esters is 3. The van der Waals surface area contributed by atoms with Crippen LogP contribution in [0, 0.1) is 0 Å². The zero-order valence-corrected chi connectivity index (χ0v) is 26.2. The van der Waals surface area contributed by atoms with Crippen molar-refractivity contribution < 1.29 is 47.9 Å². The topological polar surface area (TPSA) is 127 Å². The summed E-state index contributed by atoms with van der Waals surface area (Å²) in [7, 11) is -0.0255. The molecule has 3 aromatic rings. The maximum atomic E-state index is 13.2. The van der Waals surface area contributed by atoms with E-state index >= 15 is 0 Å². The number of hydrogen-bond acceptors (Lipinski definition) is 10. The molecule has 1 aliphatic heterocycles. The van der Waals surface area contributed by atoms with Crippen LogP contribution in [0.3, 0.4) is 0 Å². The molecule has 5 atom stereocenters. The Balaban J connectivity index is 1.60. The molecule has 0 amide bonds. The number of carbonyl (C=O) groups is 3. The normalized spacial score (nSPS) is 21.6. The molecule has 44 heavy (non-hydrogen) atoms. The van der Waals surface area contributed by atoms with Gasteiger partial charge in [-0.15, -0.1) is 0 Å². The van der Waals surface area contributed by atoms with Crippen molar-refractivity contribution in [2.24, 2.45) is 0 Å². The highest BCUT2D eigenvalue weighted by atomic mass is 28.3. The van der Waals surface area contributed by atoms with Crippen molar-refractivity contribution in [3.05, 3.63) is 102 Å². The molecule has 1 N–H and O–H groups in total. The average Bonchev–Trinajstić information content (AvgIpc) is 3.03. The Morgan fingerprint density at radius 2 is 1.27 bits per heavy atom. The first-order valence-corrected chi connectivity index (χ1v) is 18.0. The molecule has 1 fully saturated rings. The summed E-state index contributed by atoms with van der Waals surface area (Å²) < 4.78 is 34.4. The maximum Gasteiger partial charge on any atom is 0.338 e. The van der Waals surface area contributed by atoms with Crippen LogP contribution in [-0.4, -0.2) is 82.1 Å². The summed E-state index contributed by atoms with van der Waals surface area (Å²) >= 11 is 0. The lowest BCUT2D eigenvalue weighted by atomic mass is 9.98. The average molecular weight is 623 g/mol. The summed E-state index contributed by atoms with van der Waals surface area (Å²) in [5.74, 6) is -1.54. The first kappa shape index (κ1) is 32.9. The Labute approximate surface area is 257 Å². The van der Waals surface area contributed by atoms with E-state index in [1.54, 1.807) is 84.9 Å². The van der Waals surface area contributed by atoms with Gasteiger partial charge in [0, 0.05) is 14.7 Å². The summed E-state index contributed by atoms with van der Waals surface area (Å²) in [5, 5.41) is 11.5. The Kier molecular flexibility index (Phi) is 11.3. The molecular weight excluding hydrogens is 584 g/mol. The molecule has 3 aromatic carbocycles. The standard InChI is InChI=1S/C33H38O10Si/c1-38-25-17-15-24(16-18-25)30(35)40-21-26-27(34)28(42-31(36)22-11-7-5-8-12-22)29(33(41-26)39-19-20-44(2,3)4)43-32(37)23-13-9-6-10-14-23/h5-18,26-29,33-34H,19-21H2,1-4H3/t26-,27-,28+,29-,33-/m1/s1. The first-order valence-electron chi connectivity index (χ1n) is 14.3. The summed E-state index contributed by atoms with van der Waals surface area (Å²) in [6.07, 6.45) is -6.70. The van der Waals surface area contributed by atoms with Crippen LogP contribution in [0.15, 0.2) is 84.9 Å². The number of benzene rings is 3. The Hall–Kier alpha value is -4.03. The SMILES string of the molecule is COc1ccc(C(=O)OC[C@H]2O[C@@H](OCC[Si](C)(C)C)[C@H](OC(=O)c3ccccc3)[C@@H](OC(=O)c3ccccc3)[C@@H]2O)cc1. The van der Waals surface area contributed by atoms with E-state index in [-0.39, 0.29) is 23.3 Å². The summed E-state index contributed by atoms with van der Waals surface area (Å²) in [6, 6.07) is 23.6. The van der Waals surface area contributed by atoms with Crippen LogP contribution < -0.4 is 4.74 Å². The van der Waals surface area contributed by atoms with Gasteiger partial charge in [0.15, 0.2) is 18.5 Å². The fraction of sp³-hybridized carbons (Fsp3) is 0.364. The molecule has 234 valence electrons. The fourth-order valence-electron chi connectivity index (χ4n) is 4.40. The lowest BCUT2D eigenvalue weighted by Gasteiger charge is -2.43. The summed E-state index contributed by atoms with van der Waals surface area (Å²) in [6.45, 7) is 6.42. The number of hydrogen-bond donors (Lipinski definition) is 1. The van der Waals surface area contributed by atoms with E-state index in [2.05, 4.69) is 19.6 Å². The van der Waals surface area contributed by atoms with E-state index < -0.39 is 63.3 Å². The van der Waals surface area contributed by atoms with Crippen molar-refractivity contribution in [1.82, 2.24) is 0 Å². The molecule has 0 aliphatic carbocycles. The zero-order valence-electron chi connectivity index (χ0n) is 25.2. The van der Waals surface area contributed by atoms with E-state index in [4.69, 9.17) is 28.4 Å². The maximum absolute atomic E-state index is 13.2. The van der Waals surface area contributed by atoms with Gasteiger partial charge in [0.25, 0.3) is 0 Å². The van der Waals surface area contributed by atoms with Crippen LogP contribution in [0.5, 0.6) is 5.75 Å². The Morgan fingerprint density at radius 1 is 0.750 bits per heavy atom. The smallest absolute Gasteiger partial charge is 0.338 e. The van der Waals surface area contributed by atoms with Gasteiger partial charge in [0.05, 0.1) is 23.8 Å². The van der Waals surface area contributed by atoms with Crippen molar-refractivity contribution in [2.75, 3.05) is 20.3 Å². The van der Waals surface area contributed by atoms with Gasteiger partial charge in [-0.25, -0.2) is 14.4 Å². The second kappa shape index (κ2) is 15.1. The third-order valence-electron chi connectivity index (χ3n) is 6.96. The van der Waals surface area contributed by atoms with Crippen LogP contribution in [0.2, 0.25) is 25.7 Å². The molecule has 0 aromatic heterocycles. The van der Waals surface area contributed by atoms with Gasteiger partial charge < -0.3 is 33.5 Å². The number of rotatable bonds is 12. The molecule has 0 saturated carbocycles. The number of aliphatic hydroxyl groups excluding tert-OH is 1. The third-order valence-corrected chi connectivity index (χ3v) is 8.67. The van der Waals surface area contributed by atoms with Gasteiger partial charge in [-0.05, 0) is 54.6 Å². The van der Waals surface area contributed by atoms with Crippen molar-refractivity contribution in [3.63, 3.8) is 0 Å². The molecule has 0 radical (unpaired) electrons. The predicted molar refractivity (Wildman–Crippen MR) is 163 cm³/mol. The Bertz CT molecular complexity index is 1380. The van der Waals surface area contributed by atoms with Gasteiger partial charge >= 0.3 is 17.9 Å². The first-order chi connectivity index (χ1) is 21.1. The molecule has 11 heteroatoms. The second-order valence-electron chi connectivity index (χ2n) is 11.5. The van der Waals surface area contributed by atoms with Gasteiger partial charge in [-0.1, -0.05) is 56.0 Å². The van der Waals surface area contributed by atoms with Gasteiger partial charge in [-0.2, -0.15) is 0 Å². The molecule has 0 unspecified atom stereocenters. The fourth-order valence-corrected chi connectivity index (χ4v) is 5.13. The minimum Gasteiger partial charge on any atom is -0.497 e. The molecule has 0 bridgehead atoms. The predicted octanol–water partition coefficient (Wildman–Crippen LogP) is 4.74. The molecule has 4 rings (SSSR count). The quantitative estimate of drug-likeness (QED) is 0.172.